The van der Waals surface area contributed by atoms with Gasteiger partial charge in [-0.2, -0.15) is 0 Å². The molecule has 1 heterocycles. The zero-order valence-electron chi connectivity index (χ0n) is 15.0. The van der Waals surface area contributed by atoms with Gasteiger partial charge in [0.15, 0.2) is 14.6 Å². The molecule has 3 rings (SSSR count). The maximum atomic E-state index is 12.8. The van der Waals surface area contributed by atoms with Crippen LogP contribution in [0.5, 0.6) is 5.75 Å². The molecular weight excluding hydrogens is 376 g/mol. The lowest BCUT2D eigenvalue weighted by molar-refractivity contribution is -0.119. The minimum atomic E-state index is -3.51. The second-order valence-corrected chi connectivity index (χ2v) is 9.35. The van der Waals surface area contributed by atoms with Gasteiger partial charge in [-0.25, -0.2) is 8.42 Å². The number of amides is 1. The van der Waals surface area contributed by atoms with Crippen LogP contribution in [0, 0.1) is 0 Å². The number of benzene rings is 1. The van der Waals surface area contributed by atoms with Crippen molar-refractivity contribution in [3.8, 4) is 5.75 Å². The first-order valence-electron chi connectivity index (χ1n) is 8.89. The van der Waals surface area contributed by atoms with E-state index in [1.165, 1.54) is 12.8 Å². The summed E-state index contributed by atoms with van der Waals surface area (Å²) < 4.78 is 29.1. The molecule has 8 heteroatoms. The van der Waals surface area contributed by atoms with E-state index in [1.807, 2.05) is 12.1 Å². The van der Waals surface area contributed by atoms with Crippen LogP contribution in [-0.4, -0.2) is 44.5 Å². The molecule has 1 aromatic rings. The first kappa shape index (κ1) is 21.0. The van der Waals surface area contributed by atoms with Crippen LogP contribution >= 0.6 is 12.4 Å². The van der Waals surface area contributed by atoms with Crippen molar-refractivity contribution in [3.05, 3.63) is 24.3 Å². The number of carbonyl (C=O) groups is 1. The van der Waals surface area contributed by atoms with Gasteiger partial charge in [-0.15, -0.1) is 12.4 Å². The van der Waals surface area contributed by atoms with E-state index >= 15 is 0 Å². The van der Waals surface area contributed by atoms with Crippen LogP contribution in [0.25, 0.3) is 0 Å². The summed E-state index contributed by atoms with van der Waals surface area (Å²) in [6.45, 7) is 1.04. The molecule has 2 N–H and O–H groups in total. The van der Waals surface area contributed by atoms with E-state index in [4.69, 9.17) is 4.74 Å². The molecule has 146 valence electrons. The number of piperidine rings is 1. The number of ether oxygens (including phenoxy) is 1. The van der Waals surface area contributed by atoms with E-state index in [-0.39, 0.29) is 18.5 Å². The van der Waals surface area contributed by atoms with E-state index in [0.717, 1.165) is 24.8 Å². The highest BCUT2D eigenvalue weighted by molar-refractivity contribution is 7.92. The summed E-state index contributed by atoms with van der Waals surface area (Å²) >= 11 is 0. The Morgan fingerprint density at radius 1 is 1.15 bits per heavy atom. The molecule has 0 aromatic heterocycles. The van der Waals surface area contributed by atoms with E-state index in [9.17, 15) is 13.2 Å². The minimum absolute atomic E-state index is 0. The average molecular weight is 403 g/mol. The molecule has 1 aliphatic carbocycles. The van der Waals surface area contributed by atoms with Crippen molar-refractivity contribution < 1.29 is 17.9 Å². The zero-order chi connectivity index (χ0) is 17.9. The third kappa shape index (κ3) is 4.50. The third-order valence-corrected chi connectivity index (χ3v) is 7.27. The molecular formula is C18H27ClN2O4S. The molecule has 0 unspecified atom stereocenters. The van der Waals surface area contributed by atoms with Gasteiger partial charge in [-0.1, -0.05) is 0 Å². The average Bonchev–Trinajstić information content (AvgIpc) is 3.09. The normalized spacial score (nSPS) is 20.2. The highest BCUT2D eigenvalue weighted by Gasteiger charge is 2.48. The predicted octanol–water partition coefficient (Wildman–Crippen LogP) is 2.54. The lowest BCUT2D eigenvalue weighted by Crippen LogP contribution is -2.55. The Balaban J connectivity index is 0.00000243. The molecule has 1 amide bonds. The molecule has 1 saturated carbocycles. The van der Waals surface area contributed by atoms with Crippen LogP contribution in [0.2, 0.25) is 0 Å². The Morgan fingerprint density at radius 2 is 1.73 bits per heavy atom. The molecule has 1 saturated heterocycles. The van der Waals surface area contributed by atoms with Gasteiger partial charge >= 0.3 is 0 Å². The molecule has 2 fully saturated rings. The SMILES string of the molecule is CS(=O)(=O)C1(C(=O)Nc2ccc(OC3CCCC3)cc2)CCNCC1.Cl. The molecule has 0 radical (unpaired) electrons. The number of anilines is 1. The van der Waals surface area contributed by atoms with Crippen molar-refractivity contribution in [2.75, 3.05) is 24.7 Å². The quantitative estimate of drug-likeness (QED) is 0.790. The fourth-order valence-corrected chi connectivity index (χ4v) is 4.99. The third-order valence-electron chi connectivity index (χ3n) is 5.25. The van der Waals surface area contributed by atoms with Gasteiger partial charge in [0, 0.05) is 11.9 Å². The molecule has 0 spiro atoms. The van der Waals surface area contributed by atoms with Crippen molar-refractivity contribution in [3.63, 3.8) is 0 Å². The van der Waals surface area contributed by atoms with Gasteiger partial charge in [0.05, 0.1) is 6.10 Å². The number of halogens is 1. The van der Waals surface area contributed by atoms with Crippen LogP contribution in [0.3, 0.4) is 0 Å². The second-order valence-electron chi connectivity index (χ2n) is 7.02. The van der Waals surface area contributed by atoms with Crippen LogP contribution in [0.15, 0.2) is 24.3 Å². The van der Waals surface area contributed by atoms with Crippen molar-refractivity contribution in [2.24, 2.45) is 0 Å². The molecule has 26 heavy (non-hydrogen) atoms. The van der Waals surface area contributed by atoms with Crippen molar-refractivity contribution >= 4 is 33.8 Å². The van der Waals surface area contributed by atoms with Crippen molar-refractivity contribution in [2.45, 2.75) is 49.4 Å². The topological polar surface area (TPSA) is 84.5 Å². The van der Waals surface area contributed by atoms with Gasteiger partial charge < -0.3 is 15.4 Å². The van der Waals surface area contributed by atoms with Gasteiger partial charge in [-0.05, 0) is 75.9 Å². The van der Waals surface area contributed by atoms with E-state index in [1.54, 1.807) is 12.1 Å². The maximum absolute atomic E-state index is 12.8. The van der Waals surface area contributed by atoms with Gasteiger partial charge in [0.1, 0.15) is 5.75 Å². The van der Waals surface area contributed by atoms with Gasteiger partial charge in [-0.3, -0.25) is 4.79 Å². The largest absolute Gasteiger partial charge is 0.490 e. The van der Waals surface area contributed by atoms with Crippen LogP contribution in [-0.2, 0) is 14.6 Å². The smallest absolute Gasteiger partial charge is 0.245 e. The summed E-state index contributed by atoms with van der Waals surface area (Å²) in [7, 11) is -3.51. The van der Waals surface area contributed by atoms with E-state index < -0.39 is 20.5 Å². The molecule has 0 bridgehead atoms. The second kappa shape index (κ2) is 8.59. The fourth-order valence-electron chi connectivity index (χ4n) is 3.66. The van der Waals surface area contributed by atoms with Gasteiger partial charge in [0.25, 0.3) is 0 Å². The Bertz CT molecular complexity index is 709. The highest BCUT2D eigenvalue weighted by Crippen LogP contribution is 2.30. The van der Waals surface area contributed by atoms with Crippen LogP contribution in [0.1, 0.15) is 38.5 Å². The molecule has 2 aliphatic rings. The van der Waals surface area contributed by atoms with Crippen molar-refractivity contribution in [1.82, 2.24) is 5.32 Å². The number of hydrogen-bond acceptors (Lipinski definition) is 5. The molecule has 6 nitrogen and oxygen atoms in total. The Hall–Kier alpha value is -1.31. The van der Waals surface area contributed by atoms with E-state index in [0.29, 0.717) is 31.6 Å². The number of carbonyl (C=O) groups excluding carboxylic acids is 1. The highest BCUT2D eigenvalue weighted by atomic mass is 35.5. The summed E-state index contributed by atoms with van der Waals surface area (Å²) in [4.78, 5) is 12.8. The molecule has 1 aliphatic heterocycles. The Labute approximate surface area is 161 Å². The Morgan fingerprint density at radius 3 is 2.27 bits per heavy atom. The minimum Gasteiger partial charge on any atom is -0.490 e. The number of rotatable bonds is 5. The molecule has 0 atom stereocenters. The first-order chi connectivity index (χ1) is 11.9. The predicted molar refractivity (Wildman–Crippen MR) is 105 cm³/mol. The Kier molecular flexibility index (Phi) is 6.93. The summed E-state index contributed by atoms with van der Waals surface area (Å²) in [6, 6.07) is 7.17. The van der Waals surface area contributed by atoms with Crippen molar-refractivity contribution in [1.29, 1.82) is 0 Å². The monoisotopic (exact) mass is 402 g/mol. The summed E-state index contributed by atoms with van der Waals surface area (Å²) in [5.41, 5.74) is 0.588. The fraction of sp³-hybridized carbons (Fsp3) is 0.611. The summed E-state index contributed by atoms with van der Waals surface area (Å²) in [5.74, 6) is 0.338. The molecule has 1 aromatic carbocycles. The van der Waals surface area contributed by atoms with Crippen LogP contribution < -0.4 is 15.4 Å². The lowest BCUT2D eigenvalue weighted by atomic mass is 9.95. The summed E-state index contributed by atoms with van der Waals surface area (Å²) in [6.07, 6.45) is 6.61. The number of hydrogen-bond donors (Lipinski definition) is 2. The standard InChI is InChI=1S/C18H26N2O4S.ClH/c1-25(22,23)18(10-12-19-13-11-18)17(21)20-14-6-8-16(9-7-14)24-15-4-2-3-5-15;/h6-9,15,19H,2-5,10-13H2,1H3,(H,20,21);1H. The van der Waals surface area contributed by atoms with Gasteiger partial charge in [0.2, 0.25) is 5.91 Å². The summed E-state index contributed by atoms with van der Waals surface area (Å²) in [5, 5.41) is 5.89. The maximum Gasteiger partial charge on any atom is 0.245 e. The number of nitrogens with one attached hydrogen (secondary N) is 2. The number of sulfone groups is 1. The first-order valence-corrected chi connectivity index (χ1v) is 10.8. The van der Waals surface area contributed by atoms with E-state index in [2.05, 4.69) is 10.6 Å². The lowest BCUT2D eigenvalue weighted by Gasteiger charge is -2.34. The zero-order valence-corrected chi connectivity index (χ0v) is 16.6. The van der Waals surface area contributed by atoms with Crippen LogP contribution in [0.4, 0.5) is 5.69 Å².